The zero-order valence-corrected chi connectivity index (χ0v) is 22.1. The molecule has 2 saturated heterocycles. The van der Waals surface area contributed by atoms with Gasteiger partial charge < -0.3 is 35.8 Å². The molecule has 2 aromatic carbocycles. The monoisotopic (exact) mass is 547 g/mol. The van der Waals surface area contributed by atoms with Gasteiger partial charge >= 0.3 is 0 Å². The van der Waals surface area contributed by atoms with E-state index in [0.29, 0.717) is 12.3 Å². The van der Waals surface area contributed by atoms with Crippen LogP contribution in [0.5, 0.6) is 0 Å². The minimum atomic E-state index is -1.62. The Bertz CT molecular complexity index is 1400. The Labute approximate surface area is 229 Å². The molecule has 0 spiro atoms. The van der Waals surface area contributed by atoms with Gasteiger partial charge in [-0.15, -0.1) is 11.8 Å². The second-order valence-electron chi connectivity index (χ2n) is 9.71. The number of fused-ring (bicyclic) bond motifs is 1. The van der Waals surface area contributed by atoms with E-state index in [1.165, 1.54) is 22.7 Å². The van der Waals surface area contributed by atoms with Crippen molar-refractivity contribution in [3.8, 4) is 0 Å². The van der Waals surface area contributed by atoms with Crippen molar-refractivity contribution >= 4 is 41.4 Å². The Hall–Kier alpha value is -4.09. The van der Waals surface area contributed by atoms with Crippen molar-refractivity contribution < 1.29 is 23.9 Å². The van der Waals surface area contributed by atoms with Crippen LogP contribution in [0.1, 0.15) is 34.2 Å². The summed E-state index contributed by atoms with van der Waals surface area (Å²) in [7, 11) is 0. The molecular weight excluding hydrogens is 518 g/mol. The van der Waals surface area contributed by atoms with Crippen LogP contribution in [0.25, 0.3) is 0 Å². The highest BCUT2D eigenvalue weighted by Gasteiger charge is 2.65. The van der Waals surface area contributed by atoms with Gasteiger partial charge in [0.15, 0.2) is 6.10 Å². The largest absolute Gasteiger partial charge is 0.467 e. The van der Waals surface area contributed by atoms with E-state index in [-0.39, 0.29) is 35.0 Å². The number of aliphatic hydroxyl groups is 1. The number of nitrogens with one attached hydrogen (secondary N) is 2. The van der Waals surface area contributed by atoms with Gasteiger partial charge in [-0.1, -0.05) is 36.4 Å². The summed E-state index contributed by atoms with van der Waals surface area (Å²) in [5, 5.41) is 21.8. The molecule has 202 valence electrons. The van der Waals surface area contributed by atoms with Crippen molar-refractivity contribution in [1.29, 1.82) is 5.41 Å². The summed E-state index contributed by atoms with van der Waals surface area (Å²) < 4.78 is 5.39. The number of nitrogen functional groups attached to an aromatic ring is 1. The molecule has 5 N–H and O–H groups in total. The fraction of sp³-hybridized carbons (Fsp3) is 0.286. The second kappa shape index (κ2) is 10.6. The molecular formula is C28H29N5O5S. The predicted octanol–water partition coefficient (Wildman–Crippen LogP) is 2.22. The quantitative estimate of drug-likeness (QED) is 0.182. The number of aliphatic hydroxyl groups excluding tert-OH is 1. The van der Waals surface area contributed by atoms with E-state index in [2.05, 4.69) is 5.32 Å². The third-order valence-corrected chi connectivity index (χ3v) is 8.74. The third-order valence-electron chi connectivity index (χ3n) is 7.31. The first-order chi connectivity index (χ1) is 18.7. The number of thioether (sulfide) groups is 1. The van der Waals surface area contributed by atoms with Gasteiger partial charge in [-0.05, 0) is 43.2 Å². The van der Waals surface area contributed by atoms with Crippen LogP contribution in [-0.2, 0) is 22.6 Å². The van der Waals surface area contributed by atoms with E-state index in [4.69, 9.17) is 15.6 Å². The molecule has 5 rings (SSSR count). The molecule has 39 heavy (non-hydrogen) atoms. The molecule has 0 bridgehead atoms. The van der Waals surface area contributed by atoms with E-state index in [1.807, 2.05) is 37.3 Å². The standard InChI is InChI=1S/C28H29N5O5S/c1-28-24(27(37)33(28)15-18-9-6-12-38-18)32(16-39-28)26(36)23(34)22(13-17-7-3-2-4-8-17)31-25(35)19-10-5-11-21(30)20(19)14-29/h2-12,14,22-24,29,34H,13,15-16,30H2,1H3,(H,31,35)/t22-,23-,24+,28?/m0/s1. The van der Waals surface area contributed by atoms with E-state index < -0.39 is 34.9 Å². The summed E-state index contributed by atoms with van der Waals surface area (Å²) >= 11 is 1.45. The number of furan rings is 1. The maximum atomic E-state index is 13.6. The van der Waals surface area contributed by atoms with Crippen LogP contribution in [0, 0.1) is 5.41 Å². The summed E-state index contributed by atoms with van der Waals surface area (Å²) in [4.78, 5) is 42.4. The molecule has 2 aliphatic heterocycles. The fourth-order valence-corrected chi connectivity index (χ4v) is 6.53. The van der Waals surface area contributed by atoms with Gasteiger partial charge in [0.1, 0.15) is 16.7 Å². The number of hydrogen-bond acceptors (Lipinski definition) is 8. The summed E-state index contributed by atoms with van der Waals surface area (Å²) in [6.45, 7) is 2.19. The lowest BCUT2D eigenvalue weighted by molar-refractivity contribution is -0.168. The molecule has 3 aromatic rings. The van der Waals surface area contributed by atoms with Crippen LogP contribution in [0.15, 0.2) is 71.3 Å². The van der Waals surface area contributed by atoms with Crippen molar-refractivity contribution in [2.75, 3.05) is 11.6 Å². The van der Waals surface area contributed by atoms with Crippen molar-refractivity contribution in [2.45, 2.75) is 42.9 Å². The highest BCUT2D eigenvalue weighted by molar-refractivity contribution is 8.01. The Balaban J connectivity index is 1.36. The number of likely N-dealkylation sites (tertiary alicyclic amines) is 1. The topological polar surface area (TPSA) is 153 Å². The molecule has 1 unspecified atom stereocenters. The number of nitrogens with zero attached hydrogens (tertiary/aromatic N) is 2. The molecule has 3 heterocycles. The van der Waals surface area contributed by atoms with Crippen LogP contribution in [0.4, 0.5) is 5.69 Å². The van der Waals surface area contributed by atoms with Crippen LogP contribution >= 0.6 is 11.8 Å². The van der Waals surface area contributed by atoms with Crippen LogP contribution in [0.2, 0.25) is 0 Å². The summed E-state index contributed by atoms with van der Waals surface area (Å²) in [6.07, 6.45) is 1.09. The number of hydrogen-bond donors (Lipinski definition) is 4. The fourth-order valence-electron chi connectivity index (χ4n) is 5.16. The average Bonchev–Trinajstić information content (AvgIpc) is 3.57. The Morgan fingerprint density at radius 1 is 1.23 bits per heavy atom. The van der Waals surface area contributed by atoms with Gasteiger partial charge in [0.2, 0.25) is 5.91 Å². The van der Waals surface area contributed by atoms with Gasteiger partial charge in [-0.2, -0.15) is 0 Å². The van der Waals surface area contributed by atoms with Crippen molar-refractivity contribution in [3.63, 3.8) is 0 Å². The molecule has 0 radical (unpaired) electrons. The molecule has 2 fully saturated rings. The number of nitrogens with two attached hydrogens (primary N) is 1. The van der Waals surface area contributed by atoms with Crippen LogP contribution < -0.4 is 11.1 Å². The highest BCUT2D eigenvalue weighted by Crippen LogP contribution is 2.51. The Morgan fingerprint density at radius 3 is 2.69 bits per heavy atom. The van der Waals surface area contributed by atoms with Gasteiger partial charge in [-0.25, -0.2) is 0 Å². The zero-order valence-electron chi connectivity index (χ0n) is 21.2. The minimum Gasteiger partial charge on any atom is -0.467 e. The van der Waals surface area contributed by atoms with Crippen LogP contribution in [-0.4, -0.2) is 67.8 Å². The lowest BCUT2D eigenvalue weighted by Crippen LogP contribution is -2.73. The van der Waals surface area contributed by atoms with Gasteiger partial charge in [-0.3, -0.25) is 14.4 Å². The smallest absolute Gasteiger partial charge is 0.255 e. The van der Waals surface area contributed by atoms with Gasteiger partial charge in [0.05, 0.1) is 30.3 Å². The number of anilines is 1. The molecule has 0 saturated carbocycles. The lowest BCUT2D eigenvalue weighted by atomic mass is 9.92. The predicted molar refractivity (Wildman–Crippen MR) is 147 cm³/mol. The SMILES string of the molecule is CC12SCN(C(=O)[C@@H](O)[C@H](Cc3ccccc3)NC(=O)c3cccc(N)c3C=N)[C@@H]1C(=O)N2Cc1ccco1. The number of amides is 3. The second-order valence-corrected chi connectivity index (χ2v) is 11.1. The van der Waals surface area contributed by atoms with E-state index in [0.717, 1.165) is 11.8 Å². The highest BCUT2D eigenvalue weighted by atomic mass is 32.2. The molecule has 1 aromatic heterocycles. The Morgan fingerprint density at radius 2 is 2.00 bits per heavy atom. The molecule has 4 atom stereocenters. The zero-order chi connectivity index (χ0) is 27.7. The average molecular weight is 548 g/mol. The third kappa shape index (κ3) is 4.79. The molecule has 10 nitrogen and oxygen atoms in total. The van der Waals surface area contributed by atoms with Gasteiger partial charge in [0.25, 0.3) is 11.8 Å². The van der Waals surface area contributed by atoms with Crippen molar-refractivity contribution in [1.82, 2.24) is 15.1 Å². The Kier molecular flexibility index (Phi) is 7.19. The summed E-state index contributed by atoms with van der Waals surface area (Å²) in [5.41, 5.74) is 7.43. The van der Waals surface area contributed by atoms with E-state index >= 15 is 0 Å². The minimum absolute atomic E-state index is 0.162. The molecule has 3 amide bonds. The van der Waals surface area contributed by atoms with Crippen molar-refractivity contribution in [3.05, 3.63) is 89.4 Å². The molecule has 11 heteroatoms. The number of rotatable bonds is 9. The summed E-state index contributed by atoms with van der Waals surface area (Å²) in [5.74, 6) is -0.568. The normalized spacial score (nSPS) is 21.6. The van der Waals surface area contributed by atoms with E-state index in [9.17, 15) is 19.5 Å². The first-order valence-electron chi connectivity index (χ1n) is 12.4. The number of carbonyl (C=O) groups is 3. The number of benzene rings is 2. The maximum absolute atomic E-state index is 13.6. The van der Waals surface area contributed by atoms with E-state index in [1.54, 1.807) is 35.4 Å². The number of carbonyl (C=O) groups excluding carboxylic acids is 3. The van der Waals surface area contributed by atoms with Crippen LogP contribution in [0.3, 0.4) is 0 Å². The van der Waals surface area contributed by atoms with Crippen molar-refractivity contribution in [2.24, 2.45) is 0 Å². The maximum Gasteiger partial charge on any atom is 0.255 e. The summed E-state index contributed by atoms with van der Waals surface area (Å²) in [6, 6.07) is 15.7. The first-order valence-corrected chi connectivity index (χ1v) is 13.4. The van der Waals surface area contributed by atoms with Gasteiger partial charge in [0, 0.05) is 17.5 Å². The first kappa shape index (κ1) is 26.5. The lowest BCUT2D eigenvalue weighted by Gasteiger charge is -2.52. The number of β-lactam (4-membered cyclic amide) rings is 1. The molecule has 2 aliphatic rings. The molecule has 0 aliphatic carbocycles.